The Morgan fingerprint density at radius 1 is 0.186 bits per heavy atom. The maximum absolute atomic E-state index is 2.34. The van der Waals surface area contributed by atoms with Gasteiger partial charge in [0, 0.05) is 51.2 Å². The molecule has 3 heteroatoms. The fourth-order valence-corrected chi connectivity index (χ4v) is 8.16. The fraction of sp³-hybridized carbons (Fsp3) is 0. The molecule has 10 aromatic carbocycles. The molecular formula is C56H41N3. The molecule has 0 atom stereocenters. The van der Waals surface area contributed by atoms with Gasteiger partial charge in [-0.25, -0.2) is 0 Å². The summed E-state index contributed by atoms with van der Waals surface area (Å²) in [5.41, 5.74) is 12.4. The summed E-state index contributed by atoms with van der Waals surface area (Å²) < 4.78 is 0. The monoisotopic (exact) mass is 755 g/mol. The molecule has 0 N–H and O–H groups in total. The fourth-order valence-electron chi connectivity index (χ4n) is 8.16. The Bertz CT molecular complexity index is 2870. The average molecular weight is 756 g/mol. The van der Waals surface area contributed by atoms with Crippen molar-refractivity contribution in [3.8, 4) is 11.1 Å². The van der Waals surface area contributed by atoms with Crippen molar-refractivity contribution >= 4 is 72.7 Å². The largest absolute Gasteiger partial charge is 0.311 e. The van der Waals surface area contributed by atoms with E-state index in [1.165, 1.54) is 32.7 Å². The molecular weight excluding hydrogens is 715 g/mol. The van der Waals surface area contributed by atoms with Crippen LogP contribution < -0.4 is 14.7 Å². The molecule has 0 unspecified atom stereocenters. The van der Waals surface area contributed by atoms with Crippen molar-refractivity contribution in [3.05, 3.63) is 249 Å². The lowest BCUT2D eigenvalue weighted by molar-refractivity contribution is 1.28. The molecule has 0 saturated heterocycles. The average Bonchev–Trinajstić information content (AvgIpc) is 3.31. The van der Waals surface area contributed by atoms with Gasteiger partial charge in [0.15, 0.2) is 0 Å². The molecule has 0 amide bonds. The molecule has 10 aromatic rings. The summed E-state index contributed by atoms with van der Waals surface area (Å²) in [6.07, 6.45) is 0. The summed E-state index contributed by atoms with van der Waals surface area (Å²) in [5.74, 6) is 0. The van der Waals surface area contributed by atoms with E-state index in [1.807, 2.05) is 0 Å². The number of nitrogens with zero attached hydrogens (tertiary/aromatic N) is 3. The van der Waals surface area contributed by atoms with Gasteiger partial charge >= 0.3 is 0 Å². The van der Waals surface area contributed by atoms with E-state index in [1.54, 1.807) is 0 Å². The summed E-state index contributed by atoms with van der Waals surface area (Å²) >= 11 is 0. The van der Waals surface area contributed by atoms with Crippen molar-refractivity contribution in [2.75, 3.05) is 14.7 Å². The highest BCUT2D eigenvalue weighted by Crippen LogP contribution is 2.41. The van der Waals surface area contributed by atoms with Crippen molar-refractivity contribution in [1.29, 1.82) is 0 Å². The van der Waals surface area contributed by atoms with Crippen LogP contribution in [0.4, 0.5) is 51.2 Å². The van der Waals surface area contributed by atoms with Gasteiger partial charge in [-0.3, -0.25) is 0 Å². The van der Waals surface area contributed by atoms with Crippen LogP contribution >= 0.6 is 0 Å². The van der Waals surface area contributed by atoms with Gasteiger partial charge in [0.25, 0.3) is 0 Å². The first-order valence-electron chi connectivity index (χ1n) is 20.1. The highest BCUT2D eigenvalue weighted by atomic mass is 15.2. The van der Waals surface area contributed by atoms with E-state index in [0.717, 1.165) is 51.2 Å². The van der Waals surface area contributed by atoms with Crippen molar-refractivity contribution in [1.82, 2.24) is 0 Å². The highest BCUT2D eigenvalue weighted by Gasteiger charge is 2.17. The van der Waals surface area contributed by atoms with Gasteiger partial charge in [0.05, 0.1) is 0 Å². The number of hydrogen-bond donors (Lipinski definition) is 0. The van der Waals surface area contributed by atoms with Crippen LogP contribution in [0.25, 0.3) is 32.7 Å². The summed E-state index contributed by atoms with van der Waals surface area (Å²) in [6.45, 7) is 0. The Hall–Kier alpha value is -7.88. The Morgan fingerprint density at radius 2 is 0.424 bits per heavy atom. The Balaban J connectivity index is 0.968. The number of anilines is 9. The standard InChI is InChI=1S/C56H41N3/c1-6-16-46(17-7-1)57(47-18-8-2-9-19-47)51-32-28-42(29-33-51)43-30-34-52(35-31-43)59(50-24-14-5-15-25-50)54-37-39-56-45(41-54)27-26-44-40-53(36-38-55(44)56)58(48-20-10-3-11-21-48)49-22-12-4-13-23-49/h1-41H. The second-order valence-electron chi connectivity index (χ2n) is 14.7. The molecule has 0 aliphatic rings. The molecule has 3 nitrogen and oxygen atoms in total. The lowest BCUT2D eigenvalue weighted by atomic mass is 9.99. The number of benzene rings is 10. The maximum atomic E-state index is 2.34. The first kappa shape index (κ1) is 35.5. The minimum Gasteiger partial charge on any atom is -0.311 e. The molecule has 59 heavy (non-hydrogen) atoms. The van der Waals surface area contributed by atoms with Crippen LogP contribution in [0.2, 0.25) is 0 Å². The smallest absolute Gasteiger partial charge is 0.0468 e. The van der Waals surface area contributed by atoms with Gasteiger partial charge in [0.2, 0.25) is 0 Å². The molecule has 0 radical (unpaired) electrons. The van der Waals surface area contributed by atoms with E-state index in [2.05, 4.69) is 263 Å². The summed E-state index contributed by atoms with van der Waals surface area (Å²) in [4.78, 5) is 6.95. The molecule has 0 spiro atoms. The van der Waals surface area contributed by atoms with Crippen LogP contribution in [0.5, 0.6) is 0 Å². The second kappa shape index (κ2) is 15.9. The number of hydrogen-bond acceptors (Lipinski definition) is 3. The van der Waals surface area contributed by atoms with Gasteiger partial charge in [-0.2, -0.15) is 0 Å². The molecule has 0 fully saturated rings. The molecule has 0 aliphatic heterocycles. The quantitative estimate of drug-likeness (QED) is 0.129. The van der Waals surface area contributed by atoms with Crippen molar-refractivity contribution in [3.63, 3.8) is 0 Å². The zero-order chi connectivity index (χ0) is 39.4. The van der Waals surface area contributed by atoms with E-state index in [4.69, 9.17) is 0 Å². The van der Waals surface area contributed by atoms with Gasteiger partial charge in [-0.1, -0.05) is 140 Å². The topological polar surface area (TPSA) is 9.72 Å². The predicted octanol–water partition coefficient (Wildman–Crippen LogP) is 16.1. The first-order valence-corrected chi connectivity index (χ1v) is 20.1. The molecule has 0 aromatic heterocycles. The van der Waals surface area contributed by atoms with E-state index >= 15 is 0 Å². The number of fused-ring (bicyclic) bond motifs is 3. The molecule has 0 heterocycles. The molecule has 0 bridgehead atoms. The third kappa shape index (κ3) is 7.18. The van der Waals surface area contributed by atoms with Crippen LogP contribution in [0, 0.1) is 0 Å². The number of rotatable bonds is 10. The van der Waals surface area contributed by atoms with Crippen LogP contribution in [-0.2, 0) is 0 Å². The molecule has 0 aliphatic carbocycles. The predicted molar refractivity (Wildman–Crippen MR) is 251 cm³/mol. The third-order valence-electron chi connectivity index (χ3n) is 11.0. The van der Waals surface area contributed by atoms with Crippen LogP contribution in [0.15, 0.2) is 249 Å². The summed E-state index contributed by atoms with van der Waals surface area (Å²) in [7, 11) is 0. The normalized spacial score (nSPS) is 11.1. The number of para-hydroxylation sites is 5. The SMILES string of the molecule is c1ccc(N(c2ccccc2)c2ccc(-c3ccc(N(c4ccccc4)c4ccc5c(ccc6cc(N(c7ccccc7)c7ccccc7)ccc65)c4)cc3)cc2)cc1. The van der Waals surface area contributed by atoms with Gasteiger partial charge in [0.1, 0.15) is 0 Å². The lowest BCUT2D eigenvalue weighted by Crippen LogP contribution is -2.10. The molecule has 10 rings (SSSR count). The van der Waals surface area contributed by atoms with Crippen LogP contribution in [0.1, 0.15) is 0 Å². The minimum atomic E-state index is 1.10. The summed E-state index contributed by atoms with van der Waals surface area (Å²) in [5, 5.41) is 4.87. The molecule has 280 valence electrons. The zero-order valence-corrected chi connectivity index (χ0v) is 32.5. The van der Waals surface area contributed by atoms with Crippen molar-refractivity contribution in [2.45, 2.75) is 0 Å². The Morgan fingerprint density at radius 3 is 0.712 bits per heavy atom. The van der Waals surface area contributed by atoms with Gasteiger partial charge in [-0.05, 0) is 142 Å². The van der Waals surface area contributed by atoms with E-state index < -0.39 is 0 Å². The Labute approximate surface area is 345 Å². The van der Waals surface area contributed by atoms with E-state index in [0.29, 0.717) is 0 Å². The lowest BCUT2D eigenvalue weighted by Gasteiger charge is -2.27. The summed E-state index contributed by atoms with van der Waals surface area (Å²) in [6, 6.07) is 88.8. The first-order chi connectivity index (χ1) is 29.3. The Kier molecular flexibility index (Phi) is 9.59. The van der Waals surface area contributed by atoms with E-state index in [-0.39, 0.29) is 0 Å². The van der Waals surface area contributed by atoms with Gasteiger partial charge < -0.3 is 14.7 Å². The minimum absolute atomic E-state index is 1.10. The van der Waals surface area contributed by atoms with Crippen molar-refractivity contribution < 1.29 is 0 Å². The van der Waals surface area contributed by atoms with Crippen LogP contribution in [0.3, 0.4) is 0 Å². The highest BCUT2D eigenvalue weighted by molar-refractivity contribution is 6.09. The second-order valence-corrected chi connectivity index (χ2v) is 14.7. The third-order valence-corrected chi connectivity index (χ3v) is 11.0. The van der Waals surface area contributed by atoms with Crippen molar-refractivity contribution in [2.24, 2.45) is 0 Å². The van der Waals surface area contributed by atoms with Crippen LogP contribution in [-0.4, -0.2) is 0 Å². The van der Waals surface area contributed by atoms with E-state index in [9.17, 15) is 0 Å². The zero-order valence-electron chi connectivity index (χ0n) is 32.5. The van der Waals surface area contributed by atoms with Gasteiger partial charge in [-0.15, -0.1) is 0 Å². The maximum Gasteiger partial charge on any atom is 0.0468 e. The molecule has 0 saturated carbocycles.